The second-order valence-corrected chi connectivity index (χ2v) is 9.24. The Hall–Kier alpha value is -2.54. The fraction of sp³-hybridized carbons (Fsp3) is 0.435. The lowest BCUT2D eigenvalue weighted by Crippen LogP contribution is -2.28. The molecular weight excluding hydrogens is 402 g/mol. The van der Waals surface area contributed by atoms with Crippen LogP contribution in [0.4, 0.5) is 0 Å². The van der Waals surface area contributed by atoms with Crippen LogP contribution >= 0.6 is 0 Å². The molecule has 1 atom stereocenters. The van der Waals surface area contributed by atoms with Gasteiger partial charge < -0.3 is 14.8 Å². The number of nitrogens with one attached hydrogen (secondary N) is 1. The molecule has 0 saturated heterocycles. The van der Waals surface area contributed by atoms with E-state index < -0.39 is 15.7 Å². The molecule has 1 N–H and O–H groups in total. The number of rotatable bonds is 11. The monoisotopic (exact) mass is 433 g/mol. The molecule has 0 heterocycles. The van der Waals surface area contributed by atoms with Gasteiger partial charge in [0.15, 0.2) is 21.3 Å². The maximum atomic E-state index is 12.8. The van der Waals surface area contributed by atoms with Crippen molar-refractivity contribution in [3.63, 3.8) is 0 Å². The van der Waals surface area contributed by atoms with Crippen molar-refractivity contribution in [1.29, 1.82) is 0 Å². The number of ether oxygens (including phenoxy) is 2. The zero-order valence-corrected chi connectivity index (χ0v) is 18.9. The fourth-order valence-electron chi connectivity index (χ4n) is 2.89. The highest BCUT2D eigenvalue weighted by Crippen LogP contribution is 2.31. The van der Waals surface area contributed by atoms with Crippen molar-refractivity contribution in [2.75, 3.05) is 19.0 Å². The summed E-state index contributed by atoms with van der Waals surface area (Å²) in [5.74, 6) is 0.812. The van der Waals surface area contributed by atoms with Crippen LogP contribution in [0, 0.1) is 0 Å². The van der Waals surface area contributed by atoms with E-state index in [9.17, 15) is 13.2 Å². The van der Waals surface area contributed by atoms with Gasteiger partial charge in [-0.1, -0.05) is 39.0 Å². The molecule has 2 aromatic rings. The Bertz CT molecular complexity index is 956. The summed E-state index contributed by atoms with van der Waals surface area (Å²) in [6.45, 7) is 8.63. The molecule has 0 radical (unpaired) electrons. The maximum absolute atomic E-state index is 12.8. The van der Waals surface area contributed by atoms with Crippen molar-refractivity contribution >= 4 is 15.7 Å². The van der Waals surface area contributed by atoms with E-state index in [0.717, 1.165) is 18.4 Å². The topological polar surface area (TPSA) is 81.7 Å². The largest absolute Gasteiger partial charge is 0.490 e. The van der Waals surface area contributed by atoms with E-state index in [4.69, 9.17) is 9.47 Å². The molecule has 2 rings (SSSR count). The van der Waals surface area contributed by atoms with Crippen LogP contribution in [0.5, 0.6) is 11.5 Å². The van der Waals surface area contributed by atoms with Gasteiger partial charge in [-0.05, 0) is 49.6 Å². The second kappa shape index (κ2) is 11.0. The molecule has 7 heteroatoms. The van der Waals surface area contributed by atoms with E-state index in [1.165, 1.54) is 12.1 Å². The molecule has 0 aromatic heterocycles. The van der Waals surface area contributed by atoms with Crippen LogP contribution in [0.15, 0.2) is 47.4 Å². The van der Waals surface area contributed by atoms with Crippen LogP contribution in [-0.2, 0) is 9.84 Å². The van der Waals surface area contributed by atoms with Crippen molar-refractivity contribution < 1.29 is 22.7 Å². The summed E-state index contributed by atoms with van der Waals surface area (Å²) < 4.78 is 36.3. The molecule has 0 aliphatic rings. The van der Waals surface area contributed by atoms with Crippen molar-refractivity contribution in [3.05, 3.63) is 53.6 Å². The Morgan fingerprint density at radius 1 is 0.967 bits per heavy atom. The molecule has 164 valence electrons. The van der Waals surface area contributed by atoms with Gasteiger partial charge in [0.2, 0.25) is 0 Å². The number of sulfone groups is 1. The average Bonchev–Trinajstić information content (AvgIpc) is 2.76. The highest BCUT2D eigenvalue weighted by atomic mass is 32.2. The highest BCUT2D eigenvalue weighted by molar-refractivity contribution is 7.91. The zero-order valence-electron chi connectivity index (χ0n) is 18.1. The van der Waals surface area contributed by atoms with Crippen molar-refractivity contribution in [1.82, 2.24) is 5.32 Å². The van der Waals surface area contributed by atoms with Gasteiger partial charge in [-0.15, -0.1) is 0 Å². The van der Waals surface area contributed by atoms with Crippen LogP contribution in [0.2, 0.25) is 0 Å². The molecule has 0 aliphatic carbocycles. The van der Waals surface area contributed by atoms with Crippen LogP contribution in [0.25, 0.3) is 0 Å². The maximum Gasteiger partial charge on any atom is 0.253 e. The van der Waals surface area contributed by atoms with Gasteiger partial charge in [-0.3, -0.25) is 4.79 Å². The summed E-state index contributed by atoms with van der Waals surface area (Å²) in [4.78, 5) is 12.9. The quantitative estimate of drug-likeness (QED) is 0.562. The van der Waals surface area contributed by atoms with Gasteiger partial charge in [0.1, 0.15) is 0 Å². The number of carbonyl (C=O) groups is 1. The van der Waals surface area contributed by atoms with Crippen molar-refractivity contribution in [2.45, 2.75) is 51.5 Å². The fourth-order valence-corrected chi connectivity index (χ4v) is 3.98. The number of benzene rings is 2. The summed E-state index contributed by atoms with van der Waals surface area (Å²) in [7, 11) is -3.50. The lowest BCUT2D eigenvalue weighted by Gasteiger charge is -2.19. The van der Waals surface area contributed by atoms with Crippen molar-refractivity contribution in [3.8, 4) is 11.5 Å². The van der Waals surface area contributed by atoms with Crippen LogP contribution < -0.4 is 14.8 Å². The normalized spacial score (nSPS) is 12.3. The summed E-state index contributed by atoms with van der Waals surface area (Å²) >= 11 is 0. The van der Waals surface area contributed by atoms with E-state index in [2.05, 4.69) is 5.32 Å². The molecule has 0 aliphatic heterocycles. The molecule has 1 unspecified atom stereocenters. The third-order valence-electron chi connectivity index (χ3n) is 4.59. The summed E-state index contributed by atoms with van der Waals surface area (Å²) in [5, 5.41) is 2.90. The third kappa shape index (κ3) is 5.98. The van der Waals surface area contributed by atoms with Gasteiger partial charge in [0.05, 0.1) is 35.5 Å². The van der Waals surface area contributed by atoms with Gasteiger partial charge in [-0.2, -0.15) is 0 Å². The predicted molar refractivity (Wildman–Crippen MR) is 118 cm³/mol. The first kappa shape index (κ1) is 23.7. The molecule has 0 bridgehead atoms. The molecular formula is C23H31NO5S. The Balaban J connectivity index is 2.25. The van der Waals surface area contributed by atoms with E-state index in [-0.39, 0.29) is 22.3 Å². The Morgan fingerprint density at radius 2 is 1.60 bits per heavy atom. The average molecular weight is 434 g/mol. The van der Waals surface area contributed by atoms with Crippen LogP contribution in [0.1, 0.15) is 62.5 Å². The molecule has 2 aromatic carbocycles. The van der Waals surface area contributed by atoms with Crippen LogP contribution in [0.3, 0.4) is 0 Å². The third-order valence-corrected chi connectivity index (χ3v) is 6.37. The molecule has 0 saturated carbocycles. The van der Waals surface area contributed by atoms with Gasteiger partial charge in [0, 0.05) is 0 Å². The molecule has 0 spiro atoms. The van der Waals surface area contributed by atoms with Crippen LogP contribution in [-0.4, -0.2) is 33.3 Å². The van der Waals surface area contributed by atoms with Crippen molar-refractivity contribution in [2.24, 2.45) is 0 Å². The Kier molecular flexibility index (Phi) is 8.72. The number of amides is 1. The SMILES string of the molecule is CCCOc1ccc(C(C)NC(=O)c2ccccc2S(=O)(=O)CC)cc1OCCC. The first-order chi connectivity index (χ1) is 14.3. The first-order valence-electron chi connectivity index (χ1n) is 10.4. The lowest BCUT2D eigenvalue weighted by atomic mass is 10.1. The smallest absolute Gasteiger partial charge is 0.253 e. The number of carbonyl (C=O) groups excluding carboxylic acids is 1. The minimum atomic E-state index is -3.50. The lowest BCUT2D eigenvalue weighted by molar-refractivity contribution is 0.0936. The van der Waals surface area contributed by atoms with E-state index in [1.54, 1.807) is 19.1 Å². The second-order valence-electron chi connectivity index (χ2n) is 7.00. The number of hydrogen-bond donors (Lipinski definition) is 1. The summed E-state index contributed by atoms with van der Waals surface area (Å²) in [5.41, 5.74) is 0.991. The predicted octanol–water partition coefficient (Wildman–Crippen LogP) is 4.55. The summed E-state index contributed by atoms with van der Waals surface area (Å²) in [6.07, 6.45) is 1.76. The van der Waals surface area contributed by atoms with Gasteiger partial charge in [0.25, 0.3) is 5.91 Å². The standard InChI is InChI=1S/C23H31NO5S/c1-5-14-28-20-13-12-18(16-21(20)29-15-6-2)17(4)24-23(25)19-10-8-9-11-22(19)30(26,27)7-3/h8-13,16-17H,5-7,14-15H2,1-4H3,(H,24,25). The first-order valence-corrected chi connectivity index (χ1v) is 12.0. The number of hydrogen-bond acceptors (Lipinski definition) is 5. The Labute approximate surface area is 179 Å². The molecule has 6 nitrogen and oxygen atoms in total. The van der Waals surface area contributed by atoms with E-state index in [1.807, 2.05) is 39.0 Å². The van der Waals surface area contributed by atoms with E-state index >= 15 is 0 Å². The van der Waals surface area contributed by atoms with E-state index in [0.29, 0.717) is 24.7 Å². The molecule has 30 heavy (non-hydrogen) atoms. The molecule has 1 amide bonds. The zero-order chi connectivity index (χ0) is 22.1. The van der Waals surface area contributed by atoms with Gasteiger partial charge >= 0.3 is 0 Å². The van der Waals surface area contributed by atoms with Gasteiger partial charge in [-0.25, -0.2) is 8.42 Å². The summed E-state index contributed by atoms with van der Waals surface area (Å²) in [6, 6.07) is 11.5. The minimum Gasteiger partial charge on any atom is -0.490 e. The highest BCUT2D eigenvalue weighted by Gasteiger charge is 2.22. The Morgan fingerprint density at radius 3 is 2.23 bits per heavy atom. The minimum absolute atomic E-state index is 0.0486. The molecule has 0 fully saturated rings.